The summed E-state index contributed by atoms with van der Waals surface area (Å²) in [5.74, 6) is 0. The van der Waals surface area contributed by atoms with E-state index in [0.29, 0.717) is 0 Å². The number of hydrogen-bond acceptors (Lipinski definition) is 3. The molecule has 0 radical (unpaired) electrons. The predicted octanol–water partition coefficient (Wildman–Crippen LogP) is 4.27. The van der Waals surface area contributed by atoms with E-state index in [0.717, 1.165) is 36.3 Å². The number of rotatable bonds is 3. The Hall–Kier alpha value is -1.88. The first-order valence-corrected chi connectivity index (χ1v) is 7.83. The predicted molar refractivity (Wildman–Crippen MR) is 88.9 cm³/mol. The SMILES string of the molecule is Brc1ccc(/N=N/N2CCN(c3ccccc3)CC2)cc1. The van der Waals surface area contributed by atoms with E-state index in [1.165, 1.54) is 5.69 Å². The normalized spacial score (nSPS) is 15.7. The highest BCUT2D eigenvalue weighted by molar-refractivity contribution is 9.10. The molecule has 0 aliphatic carbocycles. The van der Waals surface area contributed by atoms with E-state index in [2.05, 4.69) is 55.4 Å². The summed E-state index contributed by atoms with van der Waals surface area (Å²) in [4.78, 5) is 2.38. The number of benzene rings is 2. The highest BCUT2D eigenvalue weighted by atomic mass is 79.9. The van der Waals surface area contributed by atoms with Crippen LogP contribution < -0.4 is 4.90 Å². The molecular weight excluding hydrogens is 328 g/mol. The number of nitrogens with zero attached hydrogens (tertiary/aromatic N) is 4. The first-order valence-electron chi connectivity index (χ1n) is 7.03. The van der Waals surface area contributed by atoms with Crippen molar-refractivity contribution in [3.05, 3.63) is 59.1 Å². The number of para-hydroxylation sites is 1. The Balaban J connectivity index is 1.55. The third-order valence-corrected chi connectivity index (χ3v) is 4.02. The molecule has 0 N–H and O–H groups in total. The largest absolute Gasteiger partial charge is 0.368 e. The molecule has 0 unspecified atom stereocenters. The molecule has 2 aromatic carbocycles. The first-order chi connectivity index (χ1) is 10.3. The van der Waals surface area contributed by atoms with Crippen molar-refractivity contribution >= 4 is 27.3 Å². The molecular formula is C16H17BrN4. The van der Waals surface area contributed by atoms with Crippen LogP contribution in [0.1, 0.15) is 0 Å². The van der Waals surface area contributed by atoms with Crippen LogP contribution in [0.25, 0.3) is 0 Å². The molecule has 0 atom stereocenters. The van der Waals surface area contributed by atoms with Crippen molar-refractivity contribution in [2.24, 2.45) is 10.3 Å². The van der Waals surface area contributed by atoms with Gasteiger partial charge in [-0.1, -0.05) is 39.4 Å². The second-order valence-corrected chi connectivity index (χ2v) is 5.86. The molecule has 0 spiro atoms. The summed E-state index contributed by atoms with van der Waals surface area (Å²) in [6.07, 6.45) is 0. The molecule has 1 fully saturated rings. The van der Waals surface area contributed by atoms with E-state index in [1.54, 1.807) is 0 Å². The molecule has 4 nitrogen and oxygen atoms in total. The summed E-state index contributed by atoms with van der Waals surface area (Å²) in [6.45, 7) is 3.75. The highest BCUT2D eigenvalue weighted by Crippen LogP contribution is 2.19. The molecule has 1 saturated heterocycles. The smallest absolute Gasteiger partial charge is 0.0875 e. The van der Waals surface area contributed by atoms with Gasteiger partial charge in [0.2, 0.25) is 0 Å². The van der Waals surface area contributed by atoms with Crippen molar-refractivity contribution in [3.63, 3.8) is 0 Å². The Bertz CT molecular complexity index is 589. The standard InChI is InChI=1S/C16H17BrN4/c17-14-6-8-15(9-7-14)18-19-21-12-10-20(11-13-21)16-4-2-1-3-5-16/h1-9H,10-13H2/b19-18+. The molecule has 5 heteroatoms. The van der Waals surface area contributed by atoms with Crippen molar-refractivity contribution in [3.8, 4) is 0 Å². The summed E-state index contributed by atoms with van der Waals surface area (Å²) >= 11 is 3.41. The van der Waals surface area contributed by atoms with Crippen LogP contribution in [0.2, 0.25) is 0 Å². The lowest BCUT2D eigenvalue weighted by Gasteiger charge is -2.33. The van der Waals surface area contributed by atoms with Gasteiger partial charge in [0.1, 0.15) is 0 Å². The monoisotopic (exact) mass is 344 g/mol. The van der Waals surface area contributed by atoms with E-state index in [1.807, 2.05) is 35.3 Å². The first kappa shape index (κ1) is 14.1. The zero-order chi connectivity index (χ0) is 14.5. The number of anilines is 1. The third-order valence-electron chi connectivity index (χ3n) is 3.49. The van der Waals surface area contributed by atoms with Crippen LogP contribution in [0.5, 0.6) is 0 Å². The molecule has 0 aromatic heterocycles. The molecule has 1 heterocycles. The second-order valence-electron chi connectivity index (χ2n) is 4.94. The summed E-state index contributed by atoms with van der Waals surface area (Å²) in [6, 6.07) is 18.4. The van der Waals surface area contributed by atoms with Gasteiger partial charge in [0, 0.05) is 23.2 Å². The second kappa shape index (κ2) is 6.72. The van der Waals surface area contributed by atoms with Gasteiger partial charge >= 0.3 is 0 Å². The van der Waals surface area contributed by atoms with Gasteiger partial charge in [0.25, 0.3) is 0 Å². The van der Waals surface area contributed by atoms with Gasteiger partial charge in [-0.2, -0.15) is 0 Å². The number of piperazine rings is 1. The molecule has 1 aliphatic rings. The Labute approximate surface area is 133 Å². The van der Waals surface area contributed by atoms with E-state index in [9.17, 15) is 0 Å². The van der Waals surface area contributed by atoms with Crippen molar-refractivity contribution in [1.82, 2.24) is 5.01 Å². The Morgan fingerprint density at radius 1 is 0.810 bits per heavy atom. The van der Waals surface area contributed by atoms with Crippen molar-refractivity contribution < 1.29 is 0 Å². The van der Waals surface area contributed by atoms with Gasteiger partial charge in [-0.3, -0.25) is 5.01 Å². The van der Waals surface area contributed by atoms with Crippen LogP contribution in [-0.4, -0.2) is 31.2 Å². The molecule has 21 heavy (non-hydrogen) atoms. The lowest BCUT2D eigenvalue weighted by Crippen LogP contribution is -2.43. The average molecular weight is 345 g/mol. The van der Waals surface area contributed by atoms with E-state index in [4.69, 9.17) is 0 Å². The van der Waals surface area contributed by atoms with Gasteiger partial charge in [0.05, 0.1) is 18.8 Å². The van der Waals surface area contributed by atoms with Crippen LogP contribution in [0, 0.1) is 0 Å². The fourth-order valence-corrected chi connectivity index (χ4v) is 2.57. The minimum atomic E-state index is 0.878. The number of hydrogen-bond donors (Lipinski definition) is 0. The molecule has 0 amide bonds. The van der Waals surface area contributed by atoms with Crippen molar-refractivity contribution in [1.29, 1.82) is 0 Å². The summed E-state index contributed by atoms with van der Waals surface area (Å²) in [5, 5.41) is 10.6. The van der Waals surface area contributed by atoms with E-state index < -0.39 is 0 Å². The van der Waals surface area contributed by atoms with Crippen LogP contribution in [0.15, 0.2) is 69.4 Å². The minimum absolute atomic E-state index is 0.878. The maximum Gasteiger partial charge on any atom is 0.0875 e. The molecule has 108 valence electrons. The quantitative estimate of drug-likeness (QED) is 0.778. The zero-order valence-corrected chi connectivity index (χ0v) is 13.3. The van der Waals surface area contributed by atoms with Gasteiger partial charge in [-0.05, 0) is 36.4 Å². The van der Waals surface area contributed by atoms with Crippen LogP contribution in [0.3, 0.4) is 0 Å². The summed E-state index contributed by atoms with van der Waals surface area (Å²) in [7, 11) is 0. The highest BCUT2D eigenvalue weighted by Gasteiger charge is 2.15. The maximum absolute atomic E-state index is 4.33. The van der Waals surface area contributed by atoms with E-state index >= 15 is 0 Å². The van der Waals surface area contributed by atoms with Gasteiger partial charge < -0.3 is 4.90 Å². The lowest BCUT2D eigenvalue weighted by molar-refractivity contribution is 0.254. The van der Waals surface area contributed by atoms with E-state index in [-0.39, 0.29) is 0 Å². The lowest BCUT2D eigenvalue weighted by atomic mass is 10.2. The van der Waals surface area contributed by atoms with Crippen molar-refractivity contribution in [2.75, 3.05) is 31.1 Å². The average Bonchev–Trinajstić information content (AvgIpc) is 2.56. The van der Waals surface area contributed by atoms with Gasteiger partial charge in [-0.15, -0.1) is 5.11 Å². The molecule has 3 rings (SSSR count). The fraction of sp³-hybridized carbons (Fsp3) is 0.250. The third kappa shape index (κ3) is 3.82. The minimum Gasteiger partial charge on any atom is -0.368 e. The maximum atomic E-state index is 4.33. The number of halogens is 1. The zero-order valence-electron chi connectivity index (χ0n) is 11.7. The molecule has 1 aliphatic heterocycles. The van der Waals surface area contributed by atoms with Crippen LogP contribution in [0.4, 0.5) is 11.4 Å². The Morgan fingerprint density at radius 2 is 1.48 bits per heavy atom. The molecule has 0 bridgehead atoms. The summed E-state index contributed by atoms with van der Waals surface area (Å²) < 4.78 is 1.05. The van der Waals surface area contributed by atoms with Crippen LogP contribution in [-0.2, 0) is 0 Å². The Kier molecular flexibility index (Phi) is 4.50. The van der Waals surface area contributed by atoms with Crippen molar-refractivity contribution in [2.45, 2.75) is 0 Å². The molecule has 0 saturated carbocycles. The summed E-state index contributed by atoms with van der Waals surface area (Å²) in [5.41, 5.74) is 2.16. The van der Waals surface area contributed by atoms with Gasteiger partial charge in [-0.25, -0.2) is 0 Å². The molecule has 2 aromatic rings. The Morgan fingerprint density at radius 3 is 2.14 bits per heavy atom. The van der Waals surface area contributed by atoms with Gasteiger partial charge in [0.15, 0.2) is 0 Å². The fourth-order valence-electron chi connectivity index (χ4n) is 2.30. The topological polar surface area (TPSA) is 31.2 Å². The van der Waals surface area contributed by atoms with Crippen LogP contribution >= 0.6 is 15.9 Å².